The summed E-state index contributed by atoms with van der Waals surface area (Å²) in [4.78, 5) is 11.5. The molecule has 20 heavy (non-hydrogen) atoms. The van der Waals surface area contributed by atoms with E-state index in [0.717, 1.165) is 6.42 Å². The minimum Gasteiger partial charge on any atom is -0.482 e. The van der Waals surface area contributed by atoms with E-state index in [1.807, 2.05) is 0 Å². The van der Waals surface area contributed by atoms with E-state index in [4.69, 9.17) is 21.1 Å². The molecule has 1 atom stereocenters. The van der Waals surface area contributed by atoms with Gasteiger partial charge in [0.05, 0.1) is 11.1 Å². The topological polar surface area (TPSA) is 67.8 Å². The Morgan fingerprint density at radius 3 is 2.85 bits per heavy atom. The van der Waals surface area contributed by atoms with E-state index in [9.17, 15) is 9.90 Å². The first-order valence-electron chi connectivity index (χ1n) is 6.40. The Balaban J connectivity index is 2.39. The van der Waals surface area contributed by atoms with Crippen molar-refractivity contribution >= 4 is 17.5 Å². The lowest BCUT2D eigenvalue weighted by atomic mass is 10.1. The quantitative estimate of drug-likeness (QED) is 0.720. The normalized spacial score (nSPS) is 12.0. The summed E-state index contributed by atoms with van der Waals surface area (Å²) in [5, 5.41) is 12.5. The van der Waals surface area contributed by atoms with Crippen LogP contribution in [0.5, 0.6) is 5.75 Å². The number of hydrogen-bond donors (Lipinski definition) is 2. The fourth-order valence-corrected chi connectivity index (χ4v) is 1.78. The number of rotatable bonds is 8. The molecule has 0 fully saturated rings. The van der Waals surface area contributed by atoms with Crippen LogP contribution in [-0.4, -0.2) is 37.9 Å². The number of nitrogens with one attached hydrogen (secondary N) is 1. The zero-order valence-electron chi connectivity index (χ0n) is 11.7. The third-order valence-corrected chi connectivity index (χ3v) is 2.94. The predicted molar refractivity (Wildman–Crippen MR) is 77.1 cm³/mol. The predicted octanol–water partition coefficient (Wildman–Crippen LogP) is 1.92. The molecule has 1 aromatic rings. The maximum Gasteiger partial charge on any atom is 0.257 e. The van der Waals surface area contributed by atoms with Crippen LogP contribution < -0.4 is 10.1 Å². The maximum absolute atomic E-state index is 11.5. The first kappa shape index (κ1) is 16.8. The third kappa shape index (κ3) is 5.77. The molecule has 0 heterocycles. The number of carbonyl (C=O) groups excluding carboxylic acids is 1. The zero-order chi connectivity index (χ0) is 15.0. The molecule has 1 rings (SSSR count). The van der Waals surface area contributed by atoms with Crippen LogP contribution in [0.15, 0.2) is 18.2 Å². The van der Waals surface area contributed by atoms with Crippen LogP contribution in [0.1, 0.15) is 25.0 Å². The average molecular weight is 302 g/mol. The Hall–Kier alpha value is -1.30. The number of aliphatic hydroxyl groups excluding tert-OH is 1. The minimum atomic E-state index is -0.592. The Morgan fingerprint density at radius 2 is 2.25 bits per heavy atom. The van der Waals surface area contributed by atoms with E-state index in [1.54, 1.807) is 32.2 Å². The first-order valence-corrected chi connectivity index (χ1v) is 6.78. The summed E-state index contributed by atoms with van der Waals surface area (Å²) in [6.07, 6.45) is 0.164. The molecule has 0 bridgehead atoms. The van der Waals surface area contributed by atoms with Crippen molar-refractivity contribution in [2.24, 2.45) is 0 Å². The molecule has 0 aromatic heterocycles. The maximum atomic E-state index is 11.5. The van der Waals surface area contributed by atoms with Gasteiger partial charge in [-0.25, -0.2) is 0 Å². The summed E-state index contributed by atoms with van der Waals surface area (Å²) in [5.41, 5.74) is 0.700. The SMILES string of the molecule is COCCCNC(=O)COc1ccc([C@H](C)O)cc1Cl. The lowest BCUT2D eigenvalue weighted by molar-refractivity contribution is -0.123. The van der Waals surface area contributed by atoms with Crippen molar-refractivity contribution in [2.45, 2.75) is 19.4 Å². The van der Waals surface area contributed by atoms with Crippen LogP contribution in [0.3, 0.4) is 0 Å². The van der Waals surface area contributed by atoms with E-state index in [1.165, 1.54) is 0 Å². The van der Waals surface area contributed by atoms with Crippen molar-refractivity contribution in [3.63, 3.8) is 0 Å². The number of carbonyl (C=O) groups is 1. The lowest BCUT2D eigenvalue weighted by Crippen LogP contribution is -2.30. The fraction of sp³-hybridized carbons (Fsp3) is 0.500. The summed E-state index contributed by atoms with van der Waals surface area (Å²) >= 11 is 6.02. The molecule has 112 valence electrons. The van der Waals surface area contributed by atoms with Crippen molar-refractivity contribution in [1.29, 1.82) is 0 Å². The van der Waals surface area contributed by atoms with Crippen molar-refractivity contribution in [2.75, 3.05) is 26.9 Å². The fourth-order valence-electron chi connectivity index (χ4n) is 1.53. The van der Waals surface area contributed by atoms with Crippen LogP contribution in [-0.2, 0) is 9.53 Å². The van der Waals surface area contributed by atoms with Gasteiger partial charge in [0.15, 0.2) is 6.61 Å². The van der Waals surface area contributed by atoms with Crippen molar-refractivity contribution in [3.05, 3.63) is 28.8 Å². The minimum absolute atomic E-state index is 0.0965. The Morgan fingerprint density at radius 1 is 1.50 bits per heavy atom. The van der Waals surface area contributed by atoms with Crippen LogP contribution >= 0.6 is 11.6 Å². The highest BCUT2D eigenvalue weighted by atomic mass is 35.5. The van der Waals surface area contributed by atoms with Gasteiger partial charge >= 0.3 is 0 Å². The average Bonchev–Trinajstić information content (AvgIpc) is 2.42. The number of ether oxygens (including phenoxy) is 2. The van der Waals surface area contributed by atoms with Crippen LogP contribution in [0, 0.1) is 0 Å². The molecular weight excluding hydrogens is 282 g/mol. The highest BCUT2D eigenvalue weighted by Crippen LogP contribution is 2.27. The molecule has 0 aliphatic rings. The highest BCUT2D eigenvalue weighted by Gasteiger charge is 2.08. The third-order valence-electron chi connectivity index (χ3n) is 2.64. The second-order valence-corrected chi connectivity index (χ2v) is 4.76. The second-order valence-electron chi connectivity index (χ2n) is 4.35. The van der Waals surface area contributed by atoms with Crippen LogP contribution in [0.25, 0.3) is 0 Å². The molecule has 0 aliphatic carbocycles. The number of methoxy groups -OCH3 is 1. The van der Waals surface area contributed by atoms with Gasteiger partial charge in [-0.05, 0) is 31.0 Å². The monoisotopic (exact) mass is 301 g/mol. The molecule has 0 aliphatic heterocycles. The molecule has 0 saturated heterocycles. The molecule has 2 N–H and O–H groups in total. The molecular formula is C14H20ClNO4. The Labute approximate surface area is 123 Å². The second kappa shape index (κ2) is 8.79. The summed E-state index contributed by atoms with van der Waals surface area (Å²) in [5.74, 6) is 0.208. The highest BCUT2D eigenvalue weighted by molar-refractivity contribution is 6.32. The summed E-state index contributed by atoms with van der Waals surface area (Å²) in [6.45, 7) is 2.71. The lowest BCUT2D eigenvalue weighted by Gasteiger charge is -2.11. The van der Waals surface area contributed by atoms with Gasteiger partial charge < -0.3 is 19.9 Å². The zero-order valence-corrected chi connectivity index (χ0v) is 12.4. The van der Waals surface area contributed by atoms with Crippen molar-refractivity contribution in [3.8, 4) is 5.75 Å². The molecule has 6 heteroatoms. The van der Waals surface area contributed by atoms with Gasteiger partial charge in [0.25, 0.3) is 5.91 Å². The molecule has 0 unspecified atom stereocenters. The van der Waals surface area contributed by atoms with Crippen molar-refractivity contribution < 1.29 is 19.4 Å². The summed E-state index contributed by atoms with van der Waals surface area (Å²) < 4.78 is 10.2. The number of halogens is 1. The van der Waals surface area contributed by atoms with E-state index in [2.05, 4.69) is 5.32 Å². The number of aliphatic hydroxyl groups is 1. The van der Waals surface area contributed by atoms with Gasteiger partial charge in [-0.15, -0.1) is 0 Å². The van der Waals surface area contributed by atoms with Gasteiger partial charge in [0, 0.05) is 20.3 Å². The van der Waals surface area contributed by atoms with Gasteiger partial charge in [-0.3, -0.25) is 4.79 Å². The van der Waals surface area contributed by atoms with Gasteiger partial charge in [-0.2, -0.15) is 0 Å². The van der Waals surface area contributed by atoms with E-state index in [-0.39, 0.29) is 12.5 Å². The molecule has 1 aromatic carbocycles. The first-order chi connectivity index (χ1) is 9.54. The molecule has 0 radical (unpaired) electrons. The van der Waals surface area contributed by atoms with E-state index in [0.29, 0.717) is 29.5 Å². The van der Waals surface area contributed by atoms with Crippen LogP contribution in [0.4, 0.5) is 0 Å². The molecule has 5 nitrogen and oxygen atoms in total. The molecule has 1 amide bonds. The number of hydrogen-bond acceptors (Lipinski definition) is 4. The number of benzene rings is 1. The number of amides is 1. The molecule has 0 saturated carbocycles. The Kier molecular flexibility index (Phi) is 7.36. The van der Waals surface area contributed by atoms with Gasteiger partial charge in [0.2, 0.25) is 0 Å². The molecule has 0 spiro atoms. The van der Waals surface area contributed by atoms with E-state index < -0.39 is 6.10 Å². The van der Waals surface area contributed by atoms with Gasteiger partial charge in [-0.1, -0.05) is 17.7 Å². The standard InChI is InChI=1S/C14H20ClNO4/c1-10(17)11-4-5-13(12(15)8-11)20-9-14(18)16-6-3-7-19-2/h4-5,8,10,17H,3,6-7,9H2,1-2H3,(H,16,18)/t10-/m0/s1. The van der Waals surface area contributed by atoms with Gasteiger partial charge in [0.1, 0.15) is 5.75 Å². The smallest absolute Gasteiger partial charge is 0.257 e. The van der Waals surface area contributed by atoms with Crippen LogP contribution in [0.2, 0.25) is 5.02 Å². The van der Waals surface area contributed by atoms with E-state index >= 15 is 0 Å². The summed E-state index contributed by atoms with van der Waals surface area (Å²) in [7, 11) is 1.61. The largest absolute Gasteiger partial charge is 0.482 e. The Bertz CT molecular complexity index is 437. The summed E-state index contributed by atoms with van der Waals surface area (Å²) in [6, 6.07) is 4.98. The van der Waals surface area contributed by atoms with Crippen molar-refractivity contribution in [1.82, 2.24) is 5.32 Å².